The summed E-state index contributed by atoms with van der Waals surface area (Å²) in [6.45, 7) is 5.06. The fraction of sp³-hybridized carbons (Fsp3) is 0.533. The smallest absolute Gasteiger partial charge is 0.338 e. The molecule has 122 valence electrons. The lowest BCUT2D eigenvalue weighted by atomic mass is 10.2. The van der Waals surface area contributed by atoms with Crippen LogP contribution in [-0.4, -0.2) is 49.6 Å². The summed E-state index contributed by atoms with van der Waals surface area (Å²) in [5.74, 6) is -0.225. The number of likely N-dealkylation sites (N-methyl/N-ethyl adjacent to an activating group) is 1. The van der Waals surface area contributed by atoms with Gasteiger partial charge in [-0.2, -0.15) is 0 Å². The van der Waals surface area contributed by atoms with Gasteiger partial charge in [-0.3, -0.25) is 10.1 Å². The molecule has 7 heteroatoms. The summed E-state index contributed by atoms with van der Waals surface area (Å²) in [5.41, 5.74) is -0.0925. The monoisotopic (exact) mass is 310 g/mol. The molecule has 0 unspecified atom stereocenters. The summed E-state index contributed by atoms with van der Waals surface area (Å²) >= 11 is 0. The summed E-state index contributed by atoms with van der Waals surface area (Å²) in [4.78, 5) is 24.3. The van der Waals surface area contributed by atoms with E-state index in [9.17, 15) is 14.9 Å². The Hall–Kier alpha value is -2.15. The van der Waals surface area contributed by atoms with E-state index in [-0.39, 0.29) is 29.5 Å². The number of hydrogen-bond donors (Lipinski definition) is 0. The summed E-state index contributed by atoms with van der Waals surface area (Å²) in [7, 11) is 3.76. The minimum atomic E-state index is -0.573. The van der Waals surface area contributed by atoms with Crippen LogP contribution in [0.2, 0.25) is 0 Å². The number of nitro benzene ring substituents is 1. The second kappa shape index (κ2) is 8.33. The molecule has 0 atom stereocenters. The molecular weight excluding hydrogens is 288 g/mol. The van der Waals surface area contributed by atoms with Gasteiger partial charge in [0.05, 0.1) is 17.1 Å². The van der Waals surface area contributed by atoms with Gasteiger partial charge in [-0.05, 0) is 32.1 Å². The molecule has 0 saturated carbocycles. The van der Waals surface area contributed by atoms with Crippen LogP contribution in [0.4, 0.5) is 5.69 Å². The molecule has 0 aromatic heterocycles. The molecule has 0 heterocycles. The van der Waals surface area contributed by atoms with E-state index in [4.69, 9.17) is 9.47 Å². The Morgan fingerprint density at radius 2 is 2.05 bits per heavy atom. The molecular formula is C15H22N2O5. The number of rotatable bonds is 8. The first-order valence-electron chi connectivity index (χ1n) is 7.04. The van der Waals surface area contributed by atoms with Crippen LogP contribution in [0.25, 0.3) is 0 Å². The van der Waals surface area contributed by atoms with Gasteiger partial charge in [-0.15, -0.1) is 0 Å². The number of nitrogens with zero attached hydrogens (tertiary/aromatic N) is 2. The topological polar surface area (TPSA) is 81.9 Å². The minimum Gasteiger partial charge on any atom is -0.485 e. The van der Waals surface area contributed by atoms with Crippen LogP contribution in [0.3, 0.4) is 0 Å². The van der Waals surface area contributed by atoms with Crippen molar-refractivity contribution in [3.05, 3.63) is 33.9 Å². The quantitative estimate of drug-likeness (QED) is 0.416. The minimum absolute atomic E-state index is 0.146. The van der Waals surface area contributed by atoms with E-state index in [1.165, 1.54) is 18.2 Å². The third-order valence-electron chi connectivity index (χ3n) is 2.74. The molecule has 0 aliphatic carbocycles. The van der Waals surface area contributed by atoms with E-state index in [0.717, 1.165) is 0 Å². The van der Waals surface area contributed by atoms with Gasteiger partial charge in [0, 0.05) is 12.6 Å². The van der Waals surface area contributed by atoms with E-state index in [0.29, 0.717) is 13.2 Å². The summed E-state index contributed by atoms with van der Waals surface area (Å²) in [6, 6.07) is 4.09. The van der Waals surface area contributed by atoms with Gasteiger partial charge in [0.15, 0.2) is 5.75 Å². The lowest BCUT2D eigenvalue weighted by Crippen LogP contribution is -2.19. The number of carbonyl (C=O) groups is 1. The van der Waals surface area contributed by atoms with E-state index < -0.39 is 10.9 Å². The fourth-order valence-corrected chi connectivity index (χ4v) is 1.57. The number of hydrogen-bond acceptors (Lipinski definition) is 6. The van der Waals surface area contributed by atoms with E-state index >= 15 is 0 Å². The van der Waals surface area contributed by atoms with Gasteiger partial charge in [0.1, 0.15) is 6.61 Å². The van der Waals surface area contributed by atoms with Crippen LogP contribution in [0.5, 0.6) is 5.75 Å². The SMILES string of the molecule is CC(C)COC(=O)c1ccc(OCCN(C)C)c([N+](=O)[O-])c1. The third kappa shape index (κ3) is 5.69. The van der Waals surface area contributed by atoms with Crippen molar-refractivity contribution in [2.24, 2.45) is 5.92 Å². The summed E-state index contributed by atoms with van der Waals surface area (Å²) in [5, 5.41) is 11.1. The first kappa shape index (κ1) is 17.9. The van der Waals surface area contributed by atoms with Crippen molar-refractivity contribution >= 4 is 11.7 Å². The van der Waals surface area contributed by atoms with Crippen molar-refractivity contribution < 1.29 is 19.2 Å². The molecule has 22 heavy (non-hydrogen) atoms. The van der Waals surface area contributed by atoms with Gasteiger partial charge in [-0.1, -0.05) is 13.8 Å². The molecule has 0 radical (unpaired) electrons. The highest BCUT2D eigenvalue weighted by Crippen LogP contribution is 2.28. The van der Waals surface area contributed by atoms with Crippen LogP contribution in [-0.2, 0) is 4.74 Å². The number of nitro groups is 1. The number of esters is 1. The van der Waals surface area contributed by atoms with Crippen molar-refractivity contribution in [1.82, 2.24) is 4.90 Å². The number of ether oxygens (including phenoxy) is 2. The van der Waals surface area contributed by atoms with E-state index in [1.54, 1.807) is 0 Å². The predicted octanol–water partition coefficient (Wildman–Crippen LogP) is 2.35. The maximum absolute atomic E-state index is 11.8. The van der Waals surface area contributed by atoms with Crippen LogP contribution in [0.15, 0.2) is 18.2 Å². The highest BCUT2D eigenvalue weighted by molar-refractivity contribution is 5.90. The first-order valence-corrected chi connectivity index (χ1v) is 7.04. The second-order valence-corrected chi connectivity index (χ2v) is 5.58. The largest absolute Gasteiger partial charge is 0.485 e. The molecule has 0 saturated heterocycles. The van der Waals surface area contributed by atoms with Gasteiger partial charge in [-0.25, -0.2) is 4.79 Å². The number of carbonyl (C=O) groups excluding carboxylic acids is 1. The summed E-state index contributed by atoms with van der Waals surface area (Å²) in [6.07, 6.45) is 0. The van der Waals surface area contributed by atoms with Crippen LogP contribution >= 0.6 is 0 Å². The molecule has 1 rings (SSSR count). The van der Waals surface area contributed by atoms with E-state index in [2.05, 4.69) is 0 Å². The maximum Gasteiger partial charge on any atom is 0.338 e. The van der Waals surface area contributed by atoms with E-state index in [1.807, 2.05) is 32.8 Å². The standard InChI is InChI=1S/C15H22N2O5/c1-11(2)10-22-15(18)12-5-6-14(13(9-12)17(19)20)21-8-7-16(3)4/h5-6,9,11H,7-8,10H2,1-4H3. The molecule has 0 aliphatic heterocycles. The van der Waals surface area contributed by atoms with Gasteiger partial charge in [0.25, 0.3) is 0 Å². The normalized spacial score (nSPS) is 10.8. The molecule has 0 amide bonds. The Labute approximate surface area is 130 Å². The lowest BCUT2D eigenvalue weighted by Gasteiger charge is -2.12. The predicted molar refractivity (Wildman–Crippen MR) is 82.3 cm³/mol. The Morgan fingerprint density at radius 3 is 2.59 bits per heavy atom. The van der Waals surface area contributed by atoms with Gasteiger partial charge in [0.2, 0.25) is 0 Å². The molecule has 1 aromatic rings. The third-order valence-corrected chi connectivity index (χ3v) is 2.74. The Kier molecular flexibility index (Phi) is 6.78. The average Bonchev–Trinajstić information content (AvgIpc) is 2.44. The Balaban J connectivity index is 2.85. The molecule has 0 aliphatic rings. The lowest BCUT2D eigenvalue weighted by molar-refractivity contribution is -0.385. The van der Waals surface area contributed by atoms with Crippen molar-refractivity contribution in [3.8, 4) is 5.75 Å². The summed E-state index contributed by atoms with van der Waals surface area (Å²) < 4.78 is 10.5. The van der Waals surface area contributed by atoms with Crippen molar-refractivity contribution in [2.45, 2.75) is 13.8 Å². The second-order valence-electron chi connectivity index (χ2n) is 5.58. The first-order chi connectivity index (χ1) is 10.3. The van der Waals surface area contributed by atoms with Crippen molar-refractivity contribution in [2.75, 3.05) is 33.9 Å². The molecule has 0 fully saturated rings. The number of benzene rings is 1. The van der Waals surface area contributed by atoms with Crippen molar-refractivity contribution in [1.29, 1.82) is 0 Å². The zero-order valence-corrected chi connectivity index (χ0v) is 13.4. The Bertz CT molecular complexity index is 529. The molecule has 0 N–H and O–H groups in total. The molecule has 0 spiro atoms. The van der Waals surface area contributed by atoms with Gasteiger partial charge >= 0.3 is 11.7 Å². The van der Waals surface area contributed by atoms with Crippen molar-refractivity contribution in [3.63, 3.8) is 0 Å². The molecule has 1 aromatic carbocycles. The van der Waals surface area contributed by atoms with Gasteiger partial charge < -0.3 is 14.4 Å². The zero-order chi connectivity index (χ0) is 16.7. The highest BCUT2D eigenvalue weighted by atomic mass is 16.6. The average molecular weight is 310 g/mol. The van der Waals surface area contributed by atoms with Crippen LogP contribution < -0.4 is 4.74 Å². The molecule has 7 nitrogen and oxygen atoms in total. The van der Waals surface area contributed by atoms with Crippen LogP contribution in [0.1, 0.15) is 24.2 Å². The van der Waals surface area contributed by atoms with Crippen LogP contribution in [0, 0.1) is 16.0 Å². The zero-order valence-electron chi connectivity index (χ0n) is 13.4. The molecule has 0 bridgehead atoms. The Morgan fingerprint density at radius 1 is 1.36 bits per heavy atom. The fourth-order valence-electron chi connectivity index (χ4n) is 1.57. The maximum atomic E-state index is 11.8. The highest BCUT2D eigenvalue weighted by Gasteiger charge is 2.19.